The largest absolute Gasteiger partial charge is 0.433 e. The lowest BCUT2D eigenvalue weighted by Crippen LogP contribution is -2.33. The van der Waals surface area contributed by atoms with Crippen molar-refractivity contribution >= 4 is 23.2 Å². The average molecular weight is 316 g/mol. The predicted octanol–water partition coefficient (Wildman–Crippen LogP) is 3.58. The van der Waals surface area contributed by atoms with Crippen LogP contribution in [-0.2, 0) is 21.4 Å². The quantitative estimate of drug-likeness (QED) is 0.617. The molecule has 1 saturated heterocycles. The van der Waals surface area contributed by atoms with E-state index in [0.717, 1.165) is 0 Å². The Morgan fingerprint density at radius 3 is 2.63 bits per heavy atom. The van der Waals surface area contributed by atoms with E-state index >= 15 is 0 Å². The van der Waals surface area contributed by atoms with Crippen molar-refractivity contribution in [1.82, 2.24) is 4.98 Å². The monoisotopic (exact) mass is 315 g/mol. The molecule has 0 radical (unpaired) electrons. The summed E-state index contributed by atoms with van der Waals surface area (Å²) < 4.78 is 49.8. The van der Waals surface area contributed by atoms with Crippen LogP contribution < -0.4 is 0 Å². The summed E-state index contributed by atoms with van der Waals surface area (Å²) in [6.45, 7) is 1.84. The Labute approximate surface area is 117 Å². The highest BCUT2D eigenvalue weighted by atomic mass is 35.5. The van der Waals surface area contributed by atoms with Crippen LogP contribution in [0.5, 0.6) is 0 Å². The third kappa shape index (κ3) is 2.81. The first kappa shape index (κ1) is 14.8. The van der Waals surface area contributed by atoms with Gasteiger partial charge in [0.25, 0.3) is 0 Å². The van der Waals surface area contributed by atoms with Gasteiger partial charge < -0.3 is 9.47 Å². The minimum Gasteiger partial charge on any atom is -0.342 e. The summed E-state index contributed by atoms with van der Waals surface area (Å²) in [5.41, 5.74) is -1.40. The summed E-state index contributed by atoms with van der Waals surface area (Å²) in [5.74, 6) is -1.91. The molecule has 8 heteroatoms. The Bertz CT molecular complexity index is 483. The second-order valence-electron chi connectivity index (χ2n) is 4.15. The van der Waals surface area contributed by atoms with Gasteiger partial charge in [0.1, 0.15) is 5.15 Å². The third-order valence-corrected chi connectivity index (χ3v) is 3.22. The zero-order chi connectivity index (χ0) is 14.3. The van der Waals surface area contributed by atoms with Gasteiger partial charge in [0.2, 0.25) is 5.79 Å². The first-order chi connectivity index (χ1) is 8.78. The number of ether oxygens (including phenoxy) is 2. The normalized spacial score (nSPS) is 27.8. The van der Waals surface area contributed by atoms with Crippen LogP contribution in [0.1, 0.15) is 18.2 Å². The van der Waals surface area contributed by atoms with Crippen LogP contribution in [-0.4, -0.2) is 23.6 Å². The summed E-state index contributed by atoms with van der Waals surface area (Å²) in [7, 11) is 0. The van der Waals surface area contributed by atoms with Crippen LogP contribution >= 0.6 is 23.2 Å². The fourth-order valence-corrected chi connectivity index (χ4v) is 2.32. The van der Waals surface area contributed by atoms with Crippen molar-refractivity contribution in [2.24, 2.45) is 0 Å². The molecule has 1 aliphatic rings. The molecule has 0 aliphatic carbocycles. The second kappa shape index (κ2) is 5.09. The summed E-state index contributed by atoms with van der Waals surface area (Å²) in [4.78, 5) is 3.33. The van der Waals surface area contributed by atoms with E-state index in [1.807, 2.05) is 0 Å². The molecule has 2 unspecified atom stereocenters. The zero-order valence-corrected chi connectivity index (χ0v) is 11.3. The van der Waals surface area contributed by atoms with E-state index in [1.165, 1.54) is 12.1 Å². The van der Waals surface area contributed by atoms with Gasteiger partial charge in [-0.3, -0.25) is 0 Å². The van der Waals surface area contributed by atoms with Crippen LogP contribution in [0.2, 0.25) is 5.15 Å². The predicted molar refractivity (Wildman–Crippen MR) is 63.1 cm³/mol. The van der Waals surface area contributed by atoms with Crippen molar-refractivity contribution in [3.63, 3.8) is 0 Å². The van der Waals surface area contributed by atoms with Gasteiger partial charge in [0.15, 0.2) is 5.69 Å². The van der Waals surface area contributed by atoms with Crippen LogP contribution in [0.25, 0.3) is 0 Å². The van der Waals surface area contributed by atoms with E-state index in [9.17, 15) is 13.2 Å². The molecule has 1 aromatic heterocycles. The first-order valence-electron chi connectivity index (χ1n) is 5.40. The lowest BCUT2D eigenvalue weighted by molar-refractivity contribution is -0.173. The maximum Gasteiger partial charge on any atom is 0.433 e. The number of alkyl halides is 4. The Balaban J connectivity index is 2.55. The minimum atomic E-state index is -4.67. The highest BCUT2D eigenvalue weighted by Gasteiger charge is 2.48. The maximum absolute atomic E-state index is 13.0. The molecule has 0 N–H and O–H groups in total. The van der Waals surface area contributed by atoms with E-state index in [4.69, 9.17) is 32.7 Å². The van der Waals surface area contributed by atoms with E-state index in [1.54, 1.807) is 6.92 Å². The van der Waals surface area contributed by atoms with Crippen molar-refractivity contribution in [3.05, 3.63) is 28.5 Å². The Morgan fingerprint density at radius 2 is 2.16 bits per heavy atom. The Morgan fingerprint density at radius 1 is 1.47 bits per heavy atom. The molecular formula is C11H10Cl2F3NO2. The van der Waals surface area contributed by atoms with Gasteiger partial charge in [-0.25, -0.2) is 4.98 Å². The number of hydrogen-bond acceptors (Lipinski definition) is 3. The molecule has 1 fully saturated rings. The molecular weight excluding hydrogens is 306 g/mol. The van der Waals surface area contributed by atoms with E-state index in [-0.39, 0.29) is 29.3 Å². The third-order valence-electron chi connectivity index (χ3n) is 2.66. The standard InChI is InChI=1S/C11H10Cl2F3NO2/c1-6-4-18-10(5-12,19-6)7-2-3-8(13)17-9(7)11(14,15)16/h2-3,6H,4-5H2,1H3. The van der Waals surface area contributed by atoms with Crippen LogP contribution in [0, 0.1) is 0 Å². The van der Waals surface area contributed by atoms with Crippen LogP contribution in [0.3, 0.4) is 0 Å². The maximum atomic E-state index is 13.0. The molecule has 2 atom stereocenters. The molecule has 3 nitrogen and oxygen atoms in total. The van der Waals surface area contributed by atoms with E-state index < -0.39 is 17.7 Å². The average Bonchev–Trinajstić information content (AvgIpc) is 2.71. The van der Waals surface area contributed by atoms with Gasteiger partial charge in [-0.15, -0.1) is 11.6 Å². The molecule has 0 amide bonds. The van der Waals surface area contributed by atoms with Crippen molar-refractivity contribution in [3.8, 4) is 0 Å². The minimum absolute atomic E-state index is 0.159. The van der Waals surface area contributed by atoms with Gasteiger partial charge in [0.05, 0.1) is 18.6 Å². The molecule has 106 valence electrons. The van der Waals surface area contributed by atoms with Crippen molar-refractivity contribution in [2.75, 3.05) is 12.5 Å². The first-order valence-corrected chi connectivity index (χ1v) is 6.32. The van der Waals surface area contributed by atoms with Gasteiger partial charge >= 0.3 is 6.18 Å². The Kier molecular flexibility index (Phi) is 3.97. The van der Waals surface area contributed by atoms with E-state index in [0.29, 0.717) is 0 Å². The van der Waals surface area contributed by atoms with Crippen molar-refractivity contribution in [1.29, 1.82) is 0 Å². The molecule has 0 aromatic carbocycles. The molecule has 0 spiro atoms. The number of hydrogen-bond donors (Lipinski definition) is 0. The number of halogens is 5. The van der Waals surface area contributed by atoms with Gasteiger partial charge in [-0.1, -0.05) is 11.6 Å². The lowest BCUT2D eigenvalue weighted by Gasteiger charge is -2.28. The number of aromatic nitrogens is 1. The second-order valence-corrected chi connectivity index (χ2v) is 4.81. The molecule has 1 aliphatic heterocycles. The zero-order valence-electron chi connectivity index (χ0n) is 9.80. The van der Waals surface area contributed by atoms with Crippen molar-refractivity contribution < 1.29 is 22.6 Å². The lowest BCUT2D eigenvalue weighted by atomic mass is 10.0. The fourth-order valence-electron chi connectivity index (χ4n) is 1.89. The Hall–Kier alpha value is -0.560. The van der Waals surface area contributed by atoms with Crippen LogP contribution in [0.4, 0.5) is 13.2 Å². The molecule has 0 bridgehead atoms. The van der Waals surface area contributed by atoms with Gasteiger partial charge in [-0.2, -0.15) is 13.2 Å². The smallest absolute Gasteiger partial charge is 0.342 e. The van der Waals surface area contributed by atoms with Gasteiger partial charge in [-0.05, 0) is 19.1 Å². The molecule has 1 aromatic rings. The highest BCUT2D eigenvalue weighted by molar-refractivity contribution is 6.29. The molecule has 2 rings (SSSR count). The summed E-state index contributed by atoms with van der Waals surface area (Å²) >= 11 is 11.3. The highest BCUT2D eigenvalue weighted by Crippen LogP contribution is 2.42. The topological polar surface area (TPSA) is 31.4 Å². The SMILES string of the molecule is CC1COC(CCl)(c2ccc(Cl)nc2C(F)(F)F)O1. The fraction of sp³-hybridized carbons (Fsp3) is 0.545. The summed E-state index contributed by atoms with van der Waals surface area (Å²) in [6.07, 6.45) is -5.02. The molecule has 2 heterocycles. The number of rotatable bonds is 2. The van der Waals surface area contributed by atoms with Crippen LogP contribution in [0.15, 0.2) is 12.1 Å². The van der Waals surface area contributed by atoms with Crippen molar-refractivity contribution in [2.45, 2.75) is 25.0 Å². The number of pyridine rings is 1. The summed E-state index contributed by atoms with van der Waals surface area (Å²) in [5, 5.41) is -0.258. The molecule has 19 heavy (non-hydrogen) atoms. The number of nitrogens with zero attached hydrogens (tertiary/aromatic N) is 1. The van der Waals surface area contributed by atoms with E-state index in [2.05, 4.69) is 4.98 Å². The molecule has 0 saturated carbocycles. The van der Waals surface area contributed by atoms with Gasteiger partial charge in [0, 0.05) is 5.56 Å². The summed E-state index contributed by atoms with van der Waals surface area (Å²) in [6, 6.07) is 2.43.